The highest BCUT2D eigenvalue weighted by Gasteiger charge is 2.05. The first-order valence-electron chi connectivity index (χ1n) is 9.07. The SMILES string of the molecule is Cn1ccc(-c2ccc(-c3cnc(CCCCCCNC=O)[nH]3)cc2)n1. The van der Waals surface area contributed by atoms with Crippen molar-refractivity contribution in [1.82, 2.24) is 25.1 Å². The topological polar surface area (TPSA) is 75.6 Å². The Kier molecular flexibility index (Phi) is 6.19. The number of nitrogens with one attached hydrogen (secondary N) is 2. The minimum atomic E-state index is 0.757. The minimum Gasteiger partial charge on any atom is -0.359 e. The van der Waals surface area contributed by atoms with Crippen molar-refractivity contribution in [3.8, 4) is 22.5 Å². The van der Waals surface area contributed by atoms with Crippen molar-refractivity contribution >= 4 is 6.41 Å². The summed E-state index contributed by atoms with van der Waals surface area (Å²) >= 11 is 0. The van der Waals surface area contributed by atoms with Crippen LogP contribution in [0.15, 0.2) is 42.7 Å². The van der Waals surface area contributed by atoms with Crippen LogP contribution in [-0.4, -0.2) is 32.7 Å². The summed E-state index contributed by atoms with van der Waals surface area (Å²) in [5, 5.41) is 7.12. The standard InChI is InChI=1S/C20H25N5O/c1-25-13-11-18(24-25)16-7-9-17(10-8-16)19-14-22-20(23-19)6-4-2-3-5-12-21-15-26/h7-11,13-15H,2-6,12H2,1H3,(H,21,26)(H,22,23). The number of carbonyl (C=O) groups excluding carboxylic acids is 1. The van der Waals surface area contributed by atoms with Crippen molar-refractivity contribution in [2.24, 2.45) is 7.05 Å². The fraction of sp³-hybridized carbons (Fsp3) is 0.350. The van der Waals surface area contributed by atoms with Crippen LogP contribution in [0, 0.1) is 0 Å². The zero-order chi connectivity index (χ0) is 18.2. The van der Waals surface area contributed by atoms with Gasteiger partial charge in [0.1, 0.15) is 5.82 Å². The third-order valence-corrected chi connectivity index (χ3v) is 4.40. The van der Waals surface area contributed by atoms with Gasteiger partial charge in [0.25, 0.3) is 0 Å². The van der Waals surface area contributed by atoms with Gasteiger partial charge in [-0.2, -0.15) is 5.10 Å². The minimum absolute atomic E-state index is 0.757. The van der Waals surface area contributed by atoms with Crippen LogP contribution in [0.3, 0.4) is 0 Å². The van der Waals surface area contributed by atoms with Crippen LogP contribution in [-0.2, 0) is 18.3 Å². The third-order valence-electron chi connectivity index (χ3n) is 4.40. The van der Waals surface area contributed by atoms with E-state index in [1.54, 1.807) is 0 Å². The Morgan fingerprint density at radius 2 is 1.85 bits per heavy atom. The van der Waals surface area contributed by atoms with Crippen LogP contribution in [0.1, 0.15) is 31.5 Å². The molecule has 0 saturated carbocycles. The molecule has 1 aromatic carbocycles. The summed E-state index contributed by atoms with van der Waals surface area (Å²) in [6.45, 7) is 0.767. The molecule has 3 aromatic rings. The van der Waals surface area contributed by atoms with E-state index < -0.39 is 0 Å². The monoisotopic (exact) mass is 351 g/mol. The van der Waals surface area contributed by atoms with Gasteiger partial charge in [-0.15, -0.1) is 0 Å². The summed E-state index contributed by atoms with van der Waals surface area (Å²) in [4.78, 5) is 18.1. The van der Waals surface area contributed by atoms with Crippen molar-refractivity contribution < 1.29 is 4.79 Å². The maximum absolute atomic E-state index is 10.2. The van der Waals surface area contributed by atoms with Gasteiger partial charge in [0.15, 0.2) is 0 Å². The van der Waals surface area contributed by atoms with Gasteiger partial charge in [-0.25, -0.2) is 4.98 Å². The number of hydrogen-bond acceptors (Lipinski definition) is 3. The molecular formula is C20H25N5O. The van der Waals surface area contributed by atoms with Crippen molar-refractivity contribution in [3.63, 3.8) is 0 Å². The molecule has 0 radical (unpaired) electrons. The highest BCUT2D eigenvalue weighted by Crippen LogP contribution is 2.23. The predicted octanol–water partition coefficient (Wildman–Crippen LogP) is 3.33. The first-order chi connectivity index (χ1) is 12.8. The highest BCUT2D eigenvalue weighted by molar-refractivity contribution is 5.66. The van der Waals surface area contributed by atoms with Crippen LogP contribution in [0.4, 0.5) is 0 Å². The Bertz CT molecular complexity index is 819. The number of nitrogens with zero attached hydrogens (tertiary/aromatic N) is 3. The van der Waals surface area contributed by atoms with E-state index in [0.29, 0.717) is 0 Å². The molecule has 0 unspecified atom stereocenters. The molecule has 26 heavy (non-hydrogen) atoms. The van der Waals surface area contributed by atoms with Gasteiger partial charge in [-0.3, -0.25) is 9.48 Å². The molecule has 136 valence electrons. The molecular weight excluding hydrogens is 326 g/mol. The number of aromatic nitrogens is 4. The van der Waals surface area contributed by atoms with Crippen molar-refractivity contribution in [2.45, 2.75) is 32.1 Å². The van der Waals surface area contributed by atoms with Gasteiger partial charge in [0.2, 0.25) is 6.41 Å². The molecule has 2 heterocycles. The number of H-pyrrole nitrogens is 1. The molecule has 2 aromatic heterocycles. The first-order valence-corrected chi connectivity index (χ1v) is 9.07. The Morgan fingerprint density at radius 1 is 1.08 bits per heavy atom. The lowest BCUT2D eigenvalue weighted by atomic mass is 10.1. The van der Waals surface area contributed by atoms with E-state index in [9.17, 15) is 4.79 Å². The molecule has 3 rings (SSSR count). The van der Waals surface area contributed by atoms with Crippen molar-refractivity contribution in [3.05, 3.63) is 48.5 Å². The van der Waals surface area contributed by atoms with Gasteiger partial charge in [0, 0.05) is 31.8 Å². The summed E-state index contributed by atoms with van der Waals surface area (Å²) in [5.41, 5.74) is 4.26. The summed E-state index contributed by atoms with van der Waals surface area (Å²) < 4.78 is 1.81. The van der Waals surface area contributed by atoms with Crippen LogP contribution < -0.4 is 5.32 Å². The van der Waals surface area contributed by atoms with E-state index in [1.807, 2.05) is 30.2 Å². The lowest BCUT2D eigenvalue weighted by Crippen LogP contribution is -2.11. The van der Waals surface area contributed by atoms with Crippen LogP contribution >= 0.6 is 0 Å². The lowest BCUT2D eigenvalue weighted by Gasteiger charge is -2.01. The number of rotatable bonds is 10. The summed E-state index contributed by atoms with van der Waals surface area (Å²) in [6, 6.07) is 10.4. The van der Waals surface area contributed by atoms with E-state index in [-0.39, 0.29) is 0 Å². The molecule has 6 heteroatoms. The second kappa shape index (κ2) is 8.99. The number of aryl methyl sites for hydroxylation is 2. The first kappa shape index (κ1) is 17.9. The van der Waals surface area contributed by atoms with Crippen molar-refractivity contribution in [2.75, 3.05) is 6.54 Å². The molecule has 0 aliphatic carbocycles. The van der Waals surface area contributed by atoms with Crippen LogP contribution in [0.25, 0.3) is 22.5 Å². The second-order valence-electron chi connectivity index (χ2n) is 6.43. The summed E-state index contributed by atoms with van der Waals surface area (Å²) in [6.07, 6.45) is 9.97. The maximum atomic E-state index is 10.2. The highest BCUT2D eigenvalue weighted by atomic mass is 16.1. The number of carbonyl (C=O) groups is 1. The normalized spacial score (nSPS) is 10.8. The smallest absolute Gasteiger partial charge is 0.207 e. The van der Waals surface area contributed by atoms with E-state index in [4.69, 9.17) is 0 Å². The predicted molar refractivity (Wildman–Crippen MR) is 102 cm³/mol. The number of imidazole rings is 1. The Hall–Kier alpha value is -2.89. The Labute approximate surface area is 153 Å². The quantitative estimate of drug-likeness (QED) is 0.434. The number of unbranched alkanes of at least 4 members (excludes halogenated alkanes) is 3. The molecule has 0 saturated heterocycles. The van der Waals surface area contributed by atoms with E-state index in [0.717, 1.165) is 73.4 Å². The number of benzene rings is 1. The maximum Gasteiger partial charge on any atom is 0.207 e. The number of amides is 1. The summed E-state index contributed by atoms with van der Waals surface area (Å²) in [7, 11) is 1.92. The van der Waals surface area contributed by atoms with Crippen LogP contribution in [0.5, 0.6) is 0 Å². The average Bonchev–Trinajstić information content (AvgIpc) is 3.30. The molecule has 2 N–H and O–H groups in total. The fourth-order valence-electron chi connectivity index (χ4n) is 2.96. The Morgan fingerprint density at radius 3 is 2.58 bits per heavy atom. The van der Waals surface area contributed by atoms with Gasteiger partial charge in [0.05, 0.1) is 17.6 Å². The van der Waals surface area contributed by atoms with E-state index in [2.05, 4.69) is 44.6 Å². The third kappa shape index (κ3) is 4.81. The molecule has 0 spiro atoms. The zero-order valence-electron chi connectivity index (χ0n) is 15.1. The zero-order valence-corrected chi connectivity index (χ0v) is 15.1. The van der Waals surface area contributed by atoms with E-state index in [1.165, 1.54) is 0 Å². The molecule has 0 bridgehead atoms. The van der Waals surface area contributed by atoms with Gasteiger partial charge < -0.3 is 10.3 Å². The molecule has 0 fully saturated rings. The van der Waals surface area contributed by atoms with Crippen molar-refractivity contribution in [1.29, 1.82) is 0 Å². The molecule has 0 atom stereocenters. The molecule has 0 aliphatic rings. The largest absolute Gasteiger partial charge is 0.359 e. The second-order valence-corrected chi connectivity index (χ2v) is 6.43. The lowest BCUT2D eigenvalue weighted by molar-refractivity contribution is -0.109. The average molecular weight is 351 g/mol. The van der Waals surface area contributed by atoms with E-state index >= 15 is 0 Å². The fourth-order valence-corrected chi connectivity index (χ4v) is 2.96. The van der Waals surface area contributed by atoms with Crippen LogP contribution in [0.2, 0.25) is 0 Å². The summed E-state index contributed by atoms with van der Waals surface area (Å²) in [5.74, 6) is 1.03. The van der Waals surface area contributed by atoms with Gasteiger partial charge in [-0.1, -0.05) is 37.1 Å². The molecule has 0 aliphatic heterocycles. The molecule has 1 amide bonds. The number of aromatic amines is 1. The molecule has 6 nitrogen and oxygen atoms in total. The van der Waals surface area contributed by atoms with Gasteiger partial charge >= 0.3 is 0 Å². The van der Waals surface area contributed by atoms with Gasteiger partial charge in [-0.05, 0) is 24.5 Å². The Balaban J connectivity index is 1.50. The number of hydrogen-bond donors (Lipinski definition) is 2.